The molecule has 0 rings (SSSR count). The van der Waals surface area contributed by atoms with Crippen LogP contribution in [0.5, 0.6) is 0 Å². The summed E-state index contributed by atoms with van der Waals surface area (Å²) < 4.78 is 0. The maximum absolute atomic E-state index is 4.90. The van der Waals surface area contributed by atoms with E-state index in [1.165, 1.54) is 5.21 Å². The first-order valence-corrected chi connectivity index (χ1v) is 3.26. The van der Waals surface area contributed by atoms with Crippen LogP contribution in [0.25, 0.3) is 0 Å². The van der Waals surface area contributed by atoms with Crippen LogP contribution in [0.4, 0.5) is 0 Å². The first-order valence-electron chi connectivity index (χ1n) is 1.55. The first-order chi connectivity index (χ1) is 2.41. The average Bonchev–Trinajstić information content (AvgIpc) is 1.41. The SMILES string of the molecule is C#CCC[AsH2]. The fourth-order valence-corrected chi connectivity index (χ4v) is 0.433. The average molecular weight is 130 g/mol. The van der Waals surface area contributed by atoms with Gasteiger partial charge in [-0.2, -0.15) is 0 Å². The van der Waals surface area contributed by atoms with Crippen LogP contribution >= 0.6 is 0 Å². The zero-order chi connectivity index (χ0) is 4.12. The van der Waals surface area contributed by atoms with Gasteiger partial charge in [-0.05, 0) is 0 Å². The molecule has 1 atom stereocenters. The van der Waals surface area contributed by atoms with E-state index in [1.807, 2.05) is 0 Å². The summed E-state index contributed by atoms with van der Waals surface area (Å²) in [5.74, 6) is 2.53. The summed E-state index contributed by atoms with van der Waals surface area (Å²) in [5, 5.41) is 1.17. The van der Waals surface area contributed by atoms with Gasteiger partial charge in [0.25, 0.3) is 0 Å². The van der Waals surface area contributed by atoms with Crippen LogP contribution in [0.1, 0.15) is 6.42 Å². The van der Waals surface area contributed by atoms with Crippen molar-refractivity contribution < 1.29 is 0 Å². The van der Waals surface area contributed by atoms with Gasteiger partial charge < -0.3 is 0 Å². The van der Waals surface area contributed by atoms with Crippen LogP contribution in [-0.4, -0.2) is 16.9 Å². The molecule has 0 amide bonds. The van der Waals surface area contributed by atoms with Gasteiger partial charge in [-0.1, -0.05) is 0 Å². The number of terminal acetylenes is 1. The fraction of sp³-hybridized carbons (Fsp3) is 0.500. The van der Waals surface area contributed by atoms with Gasteiger partial charge in [-0.15, -0.1) is 0 Å². The quantitative estimate of drug-likeness (QED) is 0.348. The minimum absolute atomic E-state index is 0.944. The van der Waals surface area contributed by atoms with Gasteiger partial charge in [0.2, 0.25) is 0 Å². The zero-order valence-electron chi connectivity index (χ0n) is 3.07. The summed E-state index contributed by atoms with van der Waals surface area (Å²) in [6, 6.07) is 0. The molecule has 0 aromatic carbocycles. The molecule has 0 spiro atoms. The monoisotopic (exact) mass is 130 g/mol. The van der Waals surface area contributed by atoms with Crippen molar-refractivity contribution in [1.29, 1.82) is 0 Å². The second-order valence-electron chi connectivity index (χ2n) is 0.743. The van der Waals surface area contributed by atoms with E-state index in [4.69, 9.17) is 6.42 Å². The summed E-state index contributed by atoms with van der Waals surface area (Å²) in [6.07, 6.45) is 5.84. The molecular formula is C4H7As. The van der Waals surface area contributed by atoms with Crippen molar-refractivity contribution in [2.24, 2.45) is 0 Å². The third-order valence-electron chi connectivity index (χ3n) is 0.289. The van der Waals surface area contributed by atoms with Gasteiger partial charge >= 0.3 is 40.8 Å². The molecule has 0 fully saturated rings. The molecule has 0 heterocycles. The second kappa shape index (κ2) is 4.12. The Hall–Kier alpha value is 0.118. The van der Waals surface area contributed by atoms with Gasteiger partial charge in [0, 0.05) is 0 Å². The fourth-order valence-electron chi connectivity index (χ4n) is 0.0833. The minimum atomic E-state index is 0.944. The predicted octanol–water partition coefficient (Wildman–Crippen LogP) is 0.0611. The summed E-state index contributed by atoms with van der Waals surface area (Å²) in [7, 11) is 0. The molecule has 0 aliphatic heterocycles. The Morgan fingerprint density at radius 3 is 2.40 bits per heavy atom. The standard InChI is InChI=1S/C4H7As/c1-2-3-4-5/h1H,3-5H2. The molecule has 0 aliphatic rings. The number of hydrogen-bond donors (Lipinski definition) is 0. The van der Waals surface area contributed by atoms with Crippen molar-refractivity contribution in [2.45, 2.75) is 11.6 Å². The normalized spacial score (nSPS) is 6.40. The van der Waals surface area contributed by atoms with E-state index in [0.29, 0.717) is 0 Å². The molecule has 0 N–H and O–H groups in total. The molecule has 0 saturated heterocycles. The second-order valence-corrected chi connectivity index (χ2v) is 1.95. The van der Waals surface area contributed by atoms with E-state index >= 15 is 0 Å². The van der Waals surface area contributed by atoms with Gasteiger partial charge in [0.05, 0.1) is 0 Å². The molecule has 0 radical (unpaired) electrons. The Morgan fingerprint density at radius 1 is 1.80 bits per heavy atom. The van der Waals surface area contributed by atoms with E-state index in [2.05, 4.69) is 5.92 Å². The molecule has 0 aliphatic carbocycles. The molecule has 0 bridgehead atoms. The molecule has 0 aromatic heterocycles. The van der Waals surface area contributed by atoms with Crippen molar-refractivity contribution in [3.8, 4) is 12.3 Å². The van der Waals surface area contributed by atoms with E-state index in [1.54, 1.807) is 16.9 Å². The van der Waals surface area contributed by atoms with Gasteiger partial charge in [-0.25, -0.2) is 0 Å². The van der Waals surface area contributed by atoms with Crippen LogP contribution in [0.3, 0.4) is 0 Å². The Morgan fingerprint density at radius 2 is 2.40 bits per heavy atom. The third kappa shape index (κ3) is 4.12. The molecule has 28 valence electrons. The molecule has 5 heavy (non-hydrogen) atoms. The van der Waals surface area contributed by atoms with Crippen molar-refractivity contribution in [1.82, 2.24) is 0 Å². The Balaban J connectivity index is 2.48. The molecule has 1 unspecified atom stereocenters. The Labute approximate surface area is 41.5 Å². The van der Waals surface area contributed by atoms with E-state index in [0.717, 1.165) is 6.42 Å². The van der Waals surface area contributed by atoms with Crippen molar-refractivity contribution in [3.05, 3.63) is 0 Å². The summed E-state index contributed by atoms with van der Waals surface area (Å²) in [6.45, 7) is 0. The summed E-state index contributed by atoms with van der Waals surface area (Å²) >= 11 is 1.70. The van der Waals surface area contributed by atoms with Crippen LogP contribution in [-0.2, 0) is 0 Å². The number of hydrogen-bond acceptors (Lipinski definition) is 0. The van der Waals surface area contributed by atoms with E-state index < -0.39 is 0 Å². The predicted molar refractivity (Wildman–Crippen MR) is 26.8 cm³/mol. The van der Waals surface area contributed by atoms with Gasteiger partial charge in [-0.3, -0.25) is 0 Å². The Bertz CT molecular complexity index is 42.1. The van der Waals surface area contributed by atoms with E-state index in [-0.39, 0.29) is 0 Å². The maximum atomic E-state index is 4.90. The van der Waals surface area contributed by atoms with Crippen LogP contribution in [0.2, 0.25) is 5.21 Å². The van der Waals surface area contributed by atoms with Gasteiger partial charge in [0.1, 0.15) is 0 Å². The summed E-state index contributed by atoms with van der Waals surface area (Å²) in [4.78, 5) is 0. The number of rotatable bonds is 1. The topological polar surface area (TPSA) is 0 Å². The van der Waals surface area contributed by atoms with Crippen LogP contribution < -0.4 is 0 Å². The van der Waals surface area contributed by atoms with Crippen LogP contribution in [0, 0.1) is 12.3 Å². The third-order valence-corrected chi connectivity index (χ3v) is 0.894. The molecular weight excluding hydrogens is 123 g/mol. The van der Waals surface area contributed by atoms with Crippen LogP contribution in [0.15, 0.2) is 0 Å². The zero-order valence-corrected chi connectivity index (χ0v) is 5.49. The first kappa shape index (κ1) is 5.12. The Kier molecular flexibility index (Phi) is 4.22. The summed E-state index contributed by atoms with van der Waals surface area (Å²) in [5.41, 5.74) is 0. The van der Waals surface area contributed by atoms with E-state index in [9.17, 15) is 0 Å². The van der Waals surface area contributed by atoms with Crippen molar-refractivity contribution >= 4 is 16.9 Å². The molecule has 1 heteroatoms. The molecule has 0 nitrogen and oxygen atoms in total. The molecule has 0 saturated carbocycles. The molecule has 0 aromatic rings. The van der Waals surface area contributed by atoms with Gasteiger partial charge in [0.15, 0.2) is 0 Å². The van der Waals surface area contributed by atoms with Crippen molar-refractivity contribution in [3.63, 3.8) is 0 Å². The van der Waals surface area contributed by atoms with Crippen molar-refractivity contribution in [2.75, 3.05) is 0 Å².